The molecule has 0 amide bonds. The Balaban J connectivity index is 1.63. The maximum atomic E-state index is 13.4. The van der Waals surface area contributed by atoms with Crippen molar-refractivity contribution in [1.82, 2.24) is 4.57 Å². The van der Waals surface area contributed by atoms with Crippen LogP contribution in [0.4, 0.5) is 0 Å². The summed E-state index contributed by atoms with van der Waals surface area (Å²) >= 11 is 0. The highest BCUT2D eigenvalue weighted by molar-refractivity contribution is 6.16. The highest BCUT2D eigenvalue weighted by Crippen LogP contribution is 2.33. The molecule has 5 rings (SSSR count). The number of aryl methyl sites for hydroxylation is 2. The summed E-state index contributed by atoms with van der Waals surface area (Å²) in [5.74, 6) is 0.175. The minimum Gasteiger partial charge on any atom is -0.341 e. The zero-order valence-corrected chi connectivity index (χ0v) is 21.2. The molecule has 5 heteroatoms. The van der Waals surface area contributed by atoms with Gasteiger partial charge in [-0.25, -0.2) is 4.79 Å². The van der Waals surface area contributed by atoms with Crippen LogP contribution in [0.3, 0.4) is 0 Å². The van der Waals surface area contributed by atoms with Gasteiger partial charge in [0, 0.05) is 52.0 Å². The predicted octanol–water partition coefficient (Wildman–Crippen LogP) is 7.20. The van der Waals surface area contributed by atoms with E-state index in [4.69, 9.17) is 4.84 Å². The van der Waals surface area contributed by atoms with Crippen LogP contribution >= 0.6 is 0 Å². The summed E-state index contributed by atoms with van der Waals surface area (Å²) < 4.78 is 2.27. The van der Waals surface area contributed by atoms with E-state index in [1.165, 1.54) is 32.6 Å². The zero-order chi connectivity index (χ0) is 25.2. The van der Waals surface area contributed by atoms with E-state index < -0.39 is 5.97 Å². The van der Waals surface area contributed by atoms with Crippen molar-refractivity contribution in [2.45, 2.75) is 59.4 Å². The van der Waals surface area contributed by atoms with Crippen LogP contribution in [-0.2, 0) is 16.2 Å². The molecule has 0 spiro atoms. The first-order valence-electron chi connectivity index (χ1n) is 12.9. The van der Waals surface area contributed by atoms with Crippen LogP contribution in [0.25, 0.3) is 21.8 Å². The minimum atomic E-state index is -0.415. The molecule has 1 heterocycles. The monoisotopic (exact) mass is 480 g/mol. The number of fused-ring (bicyclic) bond motifs is 3. The smallest absolute Gasteiger partial charge is 0.331 e. The Labute approximate surface area is 211 Å². The number of ketones is 1. The quantitative estimate of drug-likeness (QED) is 0.122. The Kier molecular flexibility index (Phi) is 6.73. The maximum absolute atomic E-state index is 13.4. The van der Waals surface area contributed by atoms with Crippen molar-refractivity contribution in [2.24, 2.45) is 11.1 Å². The molecule has 0 atom stereocenters. The van der Waals surface area contributed by atoms with E-state index in [9.17, 15) is 9.59 Å². The summed E-state index contributed by atoms with van der Waals surface area (Å²) in [7, 11) is 0. The van der Waals surface area contributed by atoms with E-state index in [0.717, 1.165) is 57.2 Å². The van der Waals surface area contributed by atoms with Crippen molar-refractivity contribution in [2.75, 3.05) is 0 Å². The topological polar surface area (TPSA) is 60.7 Å². The van der Waals surface area contributed by atoms with Gasteiger partial charge in [0.25, 0.3) is 0 Å². The van der Waals surface area contributed by atoms with E-state index in [2.05, 4.69) is 40.9 Å². The molecule has 1 fully saturated rings. The average Bonchev–Trinajstić information content (AvgIpc) is 3.51. The van der Waals surface area contributed by atoms with E-state index in [1.807, 2.05) is 43.3 Å². The first-order chi connectivity index (χ1) is 17.5. The standard InChI is InChI=1S/C31H32N2O3/c1-4-33-29-15-13-23(28(32-36-21(3)34)17-22-10-6-7-11-22)18-26(29)27-19-24(14-16-30(27)33)31(35)25-12-8-5-9-20(25)2/h5,8-9,12-16,18-19,22H,4,6-7,10-11,17H2,1-3H3/b32-28-. The molecule has 5 nitrogen and oxygen atoms in total. The van der Waals surface area contributed by atoms with Crippen molar-refractivity contribution in [3.8, 4) is 0 Å². The van der Waals surface area contributed by atoms with E-state index in [1.54, 1.807) is 0 Å². The molecular weight excluding hydrogens is 448 g/mol. The first-order valence-corrected chi connectivity index (χ1v) is 12.9. The second-order valence-electron chi connectivity index (χ2n) is 9.83. The van der Waals surface area contributed by atoms with Gasteiger partial charge in [0.15, 0.2) is 5.78 Å². The third kappa shape index (κ3) is 4.58. The van der Waals surface area contributed by atoms with Crippen LogP contribution in [0.2, 0.25) is 0 Å². The Morgan fingerprint density at radius 1 is 0.944 bits per heavy atom. The Morgan fingerprint density at radius 2 is 1.58 bits per heavy atom. The zero-order valence-electron chi connectivity index (χ0n) is 21.2. The predicted molar refractivity (Wildman–Crippen MR) is 145 cm³/mol. The second-order valence-corrected chi connectivity index (χ2v) is 9.83. The molecule has 3 aromatic carbocycles. The molecule has 1 aliphatic carbocycles. The van der Waals surface area contributed by atoms with Crippen LogP contribution in [0.1, 0.15) is 73.0 Å². The van der Waals surface area contributed by atoms with E-state index in [0.29, 0.717) is 11.5 Å². The fraction of sp³-hybridized carbons (Fsp3) is 0.323. The molecule has 1 aromatic heterocycles. The molecular formula is C31H32N2O3. The van der Waals surface area contributed by atoms with Crippen molar-refractivity contribution in [3.63, 3.8) is 0 Å². The van der Waals surface area contributed by atoms with Crippen LogP contribution in [0.5, 0.6) is 0 Å². The number of hydrogen-bond acceptors (Lipinski definition) is 4. The molecule has 0 bridgehead atoms. The van der Waals surface area contributed by atoms with Crippen molar-refractivity contribution in [3.05, 3.63) is 82.9 Å². The van der Waals surface area contributed by atoms with Crippen molar-refractivity contribution in [1.29, 1.82) is 0 Å². The van der Waals surface area contributed by atoms with Gasteiger partial charge < -0.3 is 9.40 Å². The molecule has 184 valence electrons. The SMILES string of the molecule is CCn1c2ccc(C(=O)c3ccccc3C)cc2c2cc(/C(CC3CCCC3)=N\OC(C)=O)ccc21. The molecule has 1 aliphatic rings. The number of carbonyl (C=O) groups is 2. The van der Waals surface area contributed by atoms with Crippen LogP contribution in [0, 0.1) is 12.8 Å². The summed E-state index contributed by atoms with van der Waals surface area (Å²) in [5, 5.41) is 6.39. The number of aromatic nitrogens is 1. The van der Waals surface area contributed by atoms with Gasteiger partial charge in [-0.1, -0.05) is 61.2 Å². The molecule has 0 saturated heterocycles. The fourth-order valence-corrected chi connectivity index (χ4v) is 5.56. The lowest BCUT2D eigenvalue weighted by Gasteiger charge is -2.12. The van der Waals surface area contributed by atoms with Gasteiger partial charge in [-0.05, 0) is 62.1 Å². The Morgan fingerprint density at radius 3 is 2.22 bits per heavy atom. The Bertz CT molecular complexity index is 1490. The van der Waals surface area contributed by atoms with Crippen LogP contribution < -0.4 is 0 Å². The summed E-state index contributed by atoms with van der Waals surface area (Å²) in [4.78, 5) is 30.0. The van der Waals surface area contributed by atoms with Gasteiger partial charge in [-0.15, -0.1) is 0 Å². The lowest BCUT2D eigenvalue weighted by Crippen LogP contribution is -2.09. The second kappa shape index (κ2) is 10.1. The summed E-state index contributed by atoms with van der Waals surface area (Å²) in [6.07, 6.45) is 5.64. The van der Waals surface area contributed by atoms with E-state index in [-0.39, 0.29) is 5.78 Å². The highest BCUT2D eigenvalue weighted by Gasteiger charge is 2.21. The third-order valence-electron chi connectivity index (χ3n) is 7.41. The molecule has 0 N–H and O–H groups in total. The van der Waals surface area contributed by atoms with Gasteiger partial charge in [-0.2, -0.15) is 0 Å². The molecule has 0 unspecified atom stereocenters. The largest absolute Gasteiger partial charge is 0.341 e. The molecule has 0 radical (unpaired) electrons. The van der Waals surface area contributed by atoms with Gasteiger partial charge in [-0.3, -0.25) is 4.79 Å². The van der Waals surface area contributed by atoms with Crippen molar-refractivity contribution >= 4 is 39.3 Å². The molecule has 0 aliphatic heterocycles. The summed E-state index contributed by atoms with van der Waals surface area (Å²) in [5.41, 5.74) is 6.36. The summed E-state index contributed by atoms with van der Waals surface area (Å²) in [6, 6.07) is 20.0. The van der Waals surface area contributed by atoms with Gasteiger partial charge in [0.05, 0.1) is 5.71 Å². The minimum absolute atomic E-state index is 0.0295. The number of carbonyl (C=O) groups excluding carboxylic acids is 2. The summed E-state index contributed by atoms with van der Waals surface area (Å²) in [6.45, 7) is 6.30. The first kappa shape index (κ1) is 24.0. The number of oxime groups is 1. The lowest BCUT2D eigenvalue weighted by atomic mass is 9.95. The number of nitrogens with zero attached hydrogens (tertiary/aromatic N) is 2. The van der Waals surface area contributed by atoms with Gasteiger partial charge >= 0.3 is 5.97 Å². The molecule has 4 aromatic rings. The number of benzene rings is 3. The third-order valence-corrected chi connectivity index (χ3v) is 7.41. The highest BCUT2D eigenvalue weighted by atomic mass is 16.7. The number of rotatable bonds is 7. The average molecular weight is 481 g/mol. The van der Waals surface area contributed by atoms with Crippen LogP contribution in [-0.4, -0.2) is 22.0 Å². The molecule has 1 saturated carbocycles. The fourth-order valence-electron chi connectivity index (χ4n) is 5.56. The van der Waals surface area contributed by atoms with E-state index >= 15 is 0 Å². The van der Waals surface area contributed by atoms with Crippen LogP contribution in [0.15, 0.2) is 65.8 Å². The molecule has 36 heavy (non-hydrogen) atoms. The number of hydrogen-bond donors (Lipinski definition) is 0. The normalized spacial score (nSPS) is 14.6. The maximum Gasteiger partial charge on any atom is 0.331 e. The van der Waals surface area contributed by atoms with Gasteiger partial charge in [0.2, 0.25) is 0 Å². The van der Waals surface area contributed by atoms with Gasteiger partial charge in [0.1, 0.15) is 0 Å². The Hall–Kier alpha value is -3.73. The van der Waals surface area contributed by atoms with Crippen molar-refractivity contribution < 1.29 is 14.4 Å². The lowest BCUT2D eigenvalue weighted by molar-refractivity contribution is -0.140.